The number of anilines is 4. The SMILES string of the molecule is Cc1ccc(NC(=O)Nc2cc(C(C)(C)C)nn2-c2cccc(C#N)c2)cc1Nc1nccc(-c2cccnc2)n1. The van der Waals surface area contributed by atoms with Gasteiger partial charge in [-0.1, -0.05) is 32.9 Å². The highest BCUT2D eigenvalue weighted by atomic mass is 16.2. The minimum Gasteiger partial charge on any atom is -0.324 e. The average molecular weight is 544 g/mol. The first kappa shape index (κ1) is 27.0. The smallest absolute Gasteiger partial charge is 0.324 e. The van der Waals surface area contributed by atoms with Gasteiger partial charge in [0, 0.05) is 47.0 Å². The van der Waals surface area contributed by atoms with Crippen LogP contribution < -0.4 is 16.0 Å². The predicted molar refractivity (Wildman–Crippen MR) is 159 cm³/mol. The maximum atomic E-state index is 13.1. The number of nitrogens with zero attached hydrogens (tertiary/aromatic N) is 6. The van der Waals surface area contributed by atoms with Crippen LogP contribution in [0.2, 0.25) is 0 Å². The summed E-state index contributed by atoms with van der Waals surface area (Å²) in [5, 5.41) is 23.1. The Morgan fingerprint density at radius 3 is 2.59 bits per heavy atom. The van der Waals surface area contributed by atoms with Gasteiger partial charge in [0.25, 0.3) is 0 Å². The van der Waals surface area contributed by atoms with E-state index in [2.05, 4.69) is 37.0 Å². The minimum absolute atomic E-state index is 0.251. The van der Waals surface area contributed by atoms with E-state index in [0.29, 0.717) is 28.7 Å². The number of carbonyl (C=O) groups is 1. The molecule has 5 aromatic rings. The maximum absolute atomic E-state index is 13.1. The van der Waals surface area contributed by atoms with Gasteiger partial charge in [-0.05, 0) is 61.0 Å². The van der Waals surface area contributed by atoms with Crippen molar-refractivity contribution < 1.29 is 4.79 Å². The number of pyridine rings is 1. The molecule has 0 unspecified atom stereocenters. The summed E-state index contributed by atoms with van der Waals surface area (Å²) < 4.78 is 1.63. The van der Waals surface area contributed by atoms with Gasteiger partial charge < -0.3 is 10.6 Å². The Morgan fingerprint density at radius 2 is 1.83 bits per heavy atom. The van der Waals surface area contributed by atoms with Crippen LogP contribution in [-0.2, 0) is 5.41 Å². The Hall–Kier alpha value is -5.56. The van der Waals surface area contributed by atoms with Gasteiger partial charge in [0.2, 0.25) is 5.95 Å². The van der Waals surface area contributed by atoms with Gasteiger partial charge in [0.15, 0.2) is 0 Å². The molecule has 0 radical (unpaired) electrons. The quantitative estimate of drug-likeness (QED) is 0.220. The summed E-state index contributed by atoms with van der Waals surface area (Å²) in [5.41, 5.74) is 5.63. The first-order valence-corrected chi connectivity index (χ1v) is 13.0. The van der Waals surface area contributed by atoms with Crippen molar-refractivity contribution in [2.45, 2.75) is 33.1 Å². The summed E-state index contributed by atoms with van der Waals surface area (Å²) >= 11 is 0. The third-order valence-corrected chi connectivity index (χ3v) is 6.29. The molecular formula is C31H29N9O. The molecule has 10 nitrogen and oxygen atoms in total. The van der Waals surface area contributed by atoms with Gasteiger partial charge >= 0.3 is 6.03 Å². The van der Waals surface area contributed by atoms with E-state index in [1.54, 1.807) is 41.5 Å². The van der Waals surface area contributed by atoms with Crippen LogP contribution >= 0.6 is 0 Å². The third kappa shape index (κ3) is 6.37. The fourth-order valence-corrected chi connectivity index (χ4v) is 4.07. The normalized spacial score (nSPS) is 11.0. The zero-order valence-electron chi connectivity index (χ0n) is 23.2. The summed E-state index contributed by atoms with van der Waals surface area (Å²) in [6.07, 6.45) is 5.15. The summed E-state index contributed by atoms with van der Waals surface area (Å²) in [6.45, 7) is 8.10. The molecule has 0 saturated carbocycles. The Bertz CT molecular complexity index is 1750. The lowest BCUT2D eigenvalue weighted by atomic mass is 9.92. The Morgan fingerprint density at radius 1 is 0.976 bits per heavy atom. The molecule has 5 rings (SSSR count). The monoisotopic (exact) mass is 543 g/mol. The number of aryl methyl sites for hydroxylation is 1. The molecule has 41 heavy (non-hydrogen) atoms. The van der Waals surface area contributed by atoms with Gasteiger partial charge in [-0.25, -0.2) is 19.4 Å². The number of rotatable bonds is 6. The highest BCUT2D eigenvalue weighted by molar-refractivity contribution is 5.99. The largest absolute Gasteiger partial charge is 0.324 e. The average Bonchev–Trinajstić information content (AvgIpc) is 3.40. The van der Waals surface area contributed by atoms with Crippen molar-refractivity contribution in [2.24, 2.45) is 0 Å². The standard InChI is InChI=1S/C31H29N9O/c1-20-10-11-23(16-26(20)37-29-34-14-12-25(36-29)22-8-6-13-33-19-22)35-30(41)38-28-17-27(31(2,3)4)39-40(28)24-9-5-7-21(15-24)18-32/h5-17,19H,1-4H3,(H,34,36,37)(H2,35,38,41). The Balaban J connectivity index is 1.36. The van der Waals surface area contributed by atoms with Crippen LogP contribution in [0.15, 0.2) is 85.3 Å². The number of carbonyl (C=O) groups excluding carboxylic acids is 1. The van der Waals surface area contributed by atoms with Gasteiger partial charge in [-0.15, -0.1) is 0 Å². The van der Waals surface area contributed by atoms with Crippen LogP contribution in [0.1, 0.15) is 37.6 Å². The molecule has 204 valence electrons. The van der Waals surface area contributed by atoms with Crippen molar-refractivity contribution in [1.29, 1.82) is 5.26 Å². The van der Waals surface area contributed by atoms with E-state index >= 15 is 0 Å². The Kier molecular flexibility index (Phi) is 7.43. The molecule has 0 fully saturated rings. The zero-order valence-corrected chi connectivity index (χ0v) is 23.2. The summed E-state index contributed by atoms with van der Waals surface area (Å²) in [4.78, 5) is 26.2. The van der Waals surface area contributed by atoms with E-state index in [1.165, 1.54) is 0 Å². The molecule has 3 N–H and O–H groups in total. The lowest BCUT2D eigenvalue weighted by molar-refractivity contribution is 0.262. The number of hydrogen-bond donors (Lipinski definition) is 3. The topological polar surface area (TPSA) is 133 Å². The highest BCUT2D eigenvalue weighted by Gasteiger charge is 2.22. The van der Waals surface area contributed by atoms with E-state index < -0.39 is 6.03 Å². The molecule has 0 spiro atoms. The van der Waals surface area contributed by atoms with Crippen molar-refractivity contribution in [3.63, 3.8) is 0 Å². The molecule has 0 bridgehead atoms. The molecule has 0 atom stereocenters. The van der Waals surface area contributed by atoms with E-state index in [-0.39, 0.29) is 5.41 Å². The molecule has 10 heteroatoms. The van der Waals surface area contributed by atoms with E-state index in [0.717, 1.165) is 28.2 Å². The predicted octanol–water partition coefficient (Wildman–Crippen LogP) is 6.59. The molecule has 0 saturated heterocycles. The highest BCUT2D eigenvalue weighted by Crippen LogP contribution is 2.28. The fourth-order valence-electron chi connectivity index (χ4n) is 4.07. The first-order chi connectivity index (χ1) is 19.7. The van der Waals surface area contributed by atoms with Crippen molar-refractivity contribution in [2.75, 3.05) is 16.0 Å². The van der Waals surface area contributed by atoms with E-state index in [4.69, 9.17) is 5.10 Å². The van der Waals surface area contributed by atoms with Crippen LogP contribution in [-0.4, -0.2) is 30.8 Å². The number of nitrogens with one attached hydrogen (secondary N) is 3. The molecular weight excluding hydrogens is 514 g/mol. The van der Waals surface area contributed by atoms with Gasteiger partial charge in [-0.3, -0.25) is 10.3 Å². The van der Waals surface area contributed by atoms with E-state index in [1.807, 2.05) is 76.2 Å². The Labute approximate surface area is 238 Å². The number of aromatic nitrogens is 5. The molecule has 3 heterocycles. The lowest BCUT2D eigenvalue weighted by Gasteiger charge is -2.14. The molecule has 0 aliphatic rings. The van der Waals surface area contributed by atoms with Crippen LogP contribution in [0.5, 0.6) is 0 Å². The number of benzene rings is 2. The number of urea groups is 1. The van der Waals surface area contributed by atoms with Crippen molar-refractivity contribution in [1.82, 2.24) is 24.7 Å². The van der Waals surface area contributed by atoms with Crippen molar-refractivity contribution in [3.05, 3.63) is 102 Å². The molecule has 3 aromatic heterocycles. The van der Waals surface area contributed by atoms with E-state index in [9.17, 15) is 10.1 Å². The number of hydrogen-bond acceptors (Lipinski definition) is 7. The molecule has 2 aromatic carbocycles. The fraction of sp³-hybridized carbons (Fsp3) is 0.161. The van der Waals surface area contributed by atoms with Crippen LogP contribution in [0, 0.1) is 18.3 Å². The molecule has 2 amide bonds. The summed E-state index contributed by atoms with van der Waals surface area (Å²) in [6, 6.07) is 21.8. The molecule has 0 aliphatic carbocycles. The van der Waals surface area contributed by atoms with Crippen LogP contribution in [0.4, 0.5) is 27.9 Å². The lowest BCUT2D eigenvalue weighted by Crippen LogP contribution is -2.21. The second-order valence-corrected chi connectivity index (χ2v) is 10.5. The number of nitriles is 1. The second kappa shape index (κ2) is 11.3. The maximum Gasteiger partial charge on any atom is 0.324 e. The summed E-state index contributed by atoms with van der Waals surface area (Å²) in [7, 11) is 0. The summed E-state index contributed by atoms with van der Waals surface area (Å²) in [5.74, 6) is 0.905. The zero-order chi connectivity index (χ0) is 29.0. The van der Waals surface area contributed by atoms with Gasteiger partial charge in [0.05, 0.1) is 28.7 Å². The van der Waals surface area contributed by atoms with Gasteiger partial charge in [-0.2, -0.15) is 10.4 Å². The van der Waals surface area contributed by atoms with Crippen LogP contribution in [0.25, 0.3) is 16.9 Å². The second-order valence-electron chi connectivity index (χ2n) is 10.5. The molecule has 0 aliphatic heterocycles. The minimum atomic E-state index is -0.437. The van der Waals surface area contributed by atoms with Crippen LogP contribution in [0.3, 0.4) is 0 Å². The first-order valence-electron chi connectivity index (χ1n) is 13.0. The third-order valence-electron chi connectivity index (χ3n) is 6.29. The van der Waals surface area contributed by atoms with Gasteiger partial charge in [0.1, 0.15) is 5.82 Å². The van der Waals surface area contributed by atoms with Crippen molar-refractivity contribution >= 4 is 29.2 Å². The van der Waals surface area contributed by atoms with Crippen molar-refractivity contribution in [3.8, 4) is 23.0 Å². The number of amides is 2.